The van der Waals surface area contributed by atoms with Crippen molar-refractivity contribution in [3.8, 4) is 0 Å². The van der Waals surface area contributed by atoms with Gasteiger partial charge in [-0.3, -0.25) is 0 Å². The maximum atomic E-state index is 12.2. The molecule has 2 nitrogen and oxygen atoms in total. The zero-order valence-electron chi connectivity index (χ0n) is 6.73. The molecule has 0 spiro atoms. The van der Waals surface area contributed by atoms with Crippen LogP contribution in [0.1, 0.15) is 5.69 Å². The molecule has 71 valence electrons. The van der Waals surface area contributed by atoms with Gasteiger partial charge in [0.2, 0.25) is 0 Å². The van der Waals surface area contributed by atoms with Crippen LogP contribution < -0.4 is 5.32 Å². The van der Waals surface area contributed by atoms with Gasteiger partial charge < -0.3 is 5.32 Å². The molecule has 1 N–H and O–H groups in total. The number of hydrogen-bond donors (Lipinski definition) is 1. The van der Waals surface area contributed by atoms with Crippen molar-refractivity contribution in [2.75, 3.05) is 11.9 Å². The largest absolute Gasteiger partial charge is 0.435 e. The average molecular weight is 189 g/mol. The van der Waals surface area contributed by atoms with Crippen LogP contribution in [0.25, 0.3) is 0 Å². The van der Waals surface area contributed by atoms with E-state index >= 15 is 0 Å². The molecule has 1 radical (unpaired) electrons. The van der Waals surface area contributed by atoms with E-state index in [-0.39, 0.29) is 12.2 Å². The van der Waals surface area contributed by atoms with Crippen LogP contribution in [0.15, 0.2) is 18.3 Å². The number of hydrogen-bond acceptors (Lipinski definition) is 2. The van der Waals surface area contributed by atoms with Gasteiger partial charge in [-0.25, -0.2) is 4.98 Å². The highest BCUT2D eigenvalue weighted by atomic mass is 19.4. The van der Waals surface area contributed by atoms with Gasteiger partial charge in [0.25, 0.3) is 0 Å². The van der Waals surface area contributed by atoms with E-state index in [0.717, 1.165) is 6.20 Å². The summed E-state index contributed by atoms with van der Waals surface area (Å²) >= 11 is 0. The number of pyridine rings is 1. The fraction of sp³-hybridized carbons (Fsp3) is 0.250. The number of rotatable bonds is 2. The highest BCUT2D eigenvalue weighted by Crippen LogP contribution is 2.32. The lowest BCUT2D eigenvalue weighted by Crippen LogP contribution is -2.12. The van der Waals surface area contributed by atoms with Gasteiger partial charge in [-0.05, 0) is 19.1 Å². The first-order valence-electron chi connectivity index (χ1n) is 3.61. The predicted molar refractivity (Wildman–Crippen MR) is 43.1 cm³/mol. The van der Waals surface area contributed by atoms with E-state index < -0.39 is 11.9 Å². The van der Waals surface area contributed by atoms with Crippen LogP contribution in [0.2, 0.25) is 0 Å². The lowest BCUT2D eigenvalue weighted by atomic mass is 10.3. The molecule has 1 aromatic rings. The van der Waals surface area contributed by atoms with Gasteiger partial charge in [0, 0.05) is 12.7 Å². The van der Waals surface area contributed by atoms with E-state index in [1.165, 1.54) is 12.1 Å². The summed E-state index contributed by atoms with van der Waals surface area (Å²) < 4.78 is 36.7. The maximum absolute atomic E-state index is 12.2. The zero-order valence-corrected chi connectivity index (χ0v) is 6.73. The van der Waals surface area contributed by atoms with E-state index in [4.69, 9.17) is 0 Å². The minimum atomic E-state index is -4.42. The summed E-state index contributed by atoms with van der Waals surface area (Å²) in [5, 5.41) is 2.49. The molecule has 0 aliphatic rings. The topological polar surface area (TPSA) is 24.9 Å². The molecule has 0 fully saturated rings. The summed E-state index contributed by atoms with van der Waals surface area (Å²) in [6.45, 7) is 3.59. The quantitative estimate of drug-likeness (QED) is 0.772. The predicted octanol–water partition coefficient (Wildman–Crippen LogP) is 2.35. The Bertz CT molecular complexity index is 283. The highest BCUT2D eigenvalue weighted by molar-refractivity contribution is 5.48. The molecular formula is C8H8F3N2. The number of anilines is 1. The molecule has 0 aromatic carbocycles. The van der Waals surface area contributed by atoms with Crippen LogP contribution in [0.3, 0.4) is 0 Å². The monoisotopic (exact) mass is 189 g/mol. The Morgan fingerprint density at radius 2 is 2.15 bits per heavy atom. The smallest absolute Gasteiger partial charge is 0.383 e. The third kappa shape index (κ3) is 2.34. The SMILES string of the molecule is [CH2]CNc1cccnc1C(F)(F)F. The van der Waals surface area contributed by atoms with Crippen molar-refractivity contribution in [3.63, 3.8) is 0 Å². The first kappa shape index (κ1) is 9.83. The summed E-state index contributed by atoms with van der Waals surface area (Å²) in [6, 6.07) is 2.76. The zero-order chi connectivity index (χ0) is 9.90. The van der Waals surface area contributed by atoms with Gasteiger partial charge in [-0.1, -0.05) is 0 Å². The van der Waals surface area contributed by atoms with Gasteiger partial charge in [-0.2, -0.15) is 13.2 Å². The van der Waals surface area contributed by atoms with Crippen molar-refractivity contribution >= 4 is 5.69 Å². The van der Waals surface area contributed by atoms with Gasteiger partial charge in [0.05, 0.1) is 5.69 Å². The van der Waals surface area contributed by atoms with E-state index in [2.05, 4.69) is 17.2 Å². The van der Waals surface area contributed by atoms with Crippen molar-refractivity contribution in [1.82, 2.24) is 4.98 Å². The number of halogens is 3. The van der Waals surface area contributed by atoms with Crippen LogP contribution >= 0.6 is 0 Å². The van der Waals surface area contributed by atoms with Crippen molar-refractivity contribution < 1.29 is 13.2 Å². The molecular weight excluding hydrogens is 181 g/mol. The molecule has 0 saturated carbocycles. The summed E-state index contributed by atoms with van der Waals surface area (Å²) in [5.41, 5.74) is -0.941. The second kappa shape index (κ2) is 3.64. The van der Waals surface area contributed by atoms with E-state index in [1.807, 2.05) is 0 Å². The minimum Gasteiger partial charge on any atom is -0.383 e. The lowest BCUT2D eigenvalue weighted by molar-refractivity contribution is -0.140. The second-order valence-electron chi connectivity index (χ2n) is 2.32. The Balaban J connectivity index is 3.05. The van der Waals surface area contributed by atoms with E-state index in [0.29, 0.717) is 0 Å². The highest BCUT2D eigenvalue weighted by Gasteiger charge is 2.34. The number of nitrogens with zero attached hydrogens (tertiary/aromatic N) is 1. The molecule has 13 heavy (non-hydrogen) atoms. The van der Waals surface area contributed by atoms with Crippen molar-refractivity contribution in [1.29, 1.82) is 0 Å². The van der Waals surface area contributed by atoms with Crippen LogP contribution in [0.4, 0.5) is 18.9 Å². The van der Waals surface area contributed by atoms with Crippen LogP contribution in [-0.2, 0) is 6.18 Å². The molecule has 0 atom stereocenters. The minimum absolute atomic E-state index is 0.0370. The number of aromatic nitrogens is 1. The van der Waals surface area contributed by atoms with E-state index in [1.54, 1.807) is 0 Å². The molecule has 1 rings (SSSR count). The van der Waals surface area contributed by atoms with Gasteiger partial charge in [-0.15, -0.1) is 0 Å². The molecule has 5 heteroatoms. The van der Waals surface area contributed by atoms with Crippen molar-refractivity contribution in [3.05, 3.63) is 30.9 Å². The van der Waals surface area contributed by atoms with E-state index in [9.17, 15) is 13.2 Å². The third-order valence-corrected chi connectivity index (χ3v) is 1.39. The average Bonchev–Trinajstić information content (AvgIpc) is 2.04. The Kier molecular flexibility index (Phi) is 2.75. The van der Waals surface area contributed by atoms with Crippen LogP contribution in [0.5, 0.6) is 0 Å². The Morgan fingerprint density at radius 3 is 2.69 bits per heavy atom. The number of nitrogens with one attached hydrogen (secondary N) is 1. The molecule has 0 saturated heterocycles. The maximum Gasteiger partial charge on any atom is 0.435 e. The van der Waals surface area contributed by atoms with Gasteiger partial charge >= 0.3 is 6.18 Å². The Morgan fingerprint density at radius 1 is 1.46 bits per heavy atom. The molecule has 1 aromatic heterocycles. The Hall–Kier alpha value is -1.26. The number of alkyl halides is 3. The summed E-state index contributed by atoms with van der Waals surface area (Å²) in [7, 11) is 0. The summed E-state index contributed by atoms with van der Waals surface area (Å²) in [4.78, 5) is 3.25. The molecule has 0 amide bonds. The van der Waals surface area contributed by atoms with Gasteiger partial charge in [0.15, 0.2) is 5.69 Å². The van der Waals surface area contributed by atoms with Crippen molar-refractivity contribution in [2.24, 2.45) is 0 Å². The Labute approximate surface area is 73.8 Å². The fourth-order valence-corrected chi connectivity index (χ4v) is 0.909. The fourth-order valence-electron chi connectivity index (χ4n) is 0.909. The van der Waals surface area contributed by atoms with Gasteiger partial charge in [0.1, 0.15) is 0 Å². The molecule has 0 bridgehead atoms. The molecule has 0 unspecified atom stereocenters. The molecule has 1 heterocycles. The summed E-state index contributed by atoms with van der Waals surface area (Å²) in [6.07, 6.45) is -3.31. The molecule has 0 aliphatic carbocycles. The van der Waals surface area contributed by atoms with Crippen molar-refractivity contribution in [2.45, 2.75) is 6.18 Å². The van der Waals surface area contributed by atoms with Crippen LogP contribution in [-0.4, -0.2) is 11.5 Å². The van der Waals surface area contributed by atoms with Crippen LogP contribution in [0, 0.1) is 6.92 Å². The normalized spacial score (nSPS) is 11.4. The standard InChI is InChI=1S/C8H8F3N2/c1-2-12-6-4-3-5-13-7(6)8(9,10)11/h3-5,12H,1-2H2. The summed E-state index contributed by atoms with van der Waals surface area (Å²) in [5.74, 6) is 0. The second-order valence-corrected chi connectivity index (χ2v) is 2.32. The first-order chi connectivity index (χ1) is 6.05. The third-order valence-electron chi connectivity index (χ3n) is 1.39. The molecule has 0 aliphatic heterocycles. The lowest BCUT2D eigenvalue weighted by Gasteiger charge is -2.11. The first-order valence-corrected chi connectivity index (χ1v) is 3.61.